The topological polar surface area (TPSA) is 53.4 Å². The van der Waals surface area contributed by atoms with Crippen LogP contribution in [0.4, 0.5) is 0 Å². The van der Waals surface area contributed by atoms with Crippen LogP contribution in [0.2, 0.25) is 0 Å². The van der Waals surface area contributed by atoms with Gasteiger partial charge in [-0.2, -0.15) is 0 Å². The zero-order chi connectivity index (χ0) is 11.5. The highest BCUT2D eigenvalue weighted by molar-refractivity contribution is 5.71. The van der Waals surface area contributed by atoms with Crippen molar-refractivity contribution in [2.75, 3.05) is 6.54 Å². The number of pyridine rings is 1. The summed E-state index contributed by atoms with van der Waals surface area (Å²) in [5, 5.41) is 9.03. The summed E-state index contributed by atoms with van der Waals surface area (Å²) < 4.78 is 0. The Kier molecular flexibility index (Phi) is 3.19. The van der Waals surface area contributed by atoms with Gasteiger partial charge in [0.15, 0.2) is 0 Å². The molecule has 2 atom stereocenters. The van der Waals surface area contributed by atoms with Crippen LogP contribution in [-0.4, -0.2) is 33.5 Å². The third kappa shape index (κ3) is 2.22. The highest BCUT2D eigenvalue weighted by Crippen LogP contribution is 2.25. The van der Waals surface area contributed by atoms with Gasteiger partial charge in [-0.1, -0.05) is 6.07 Å². The largest absolute Gasteiger partial charge is 0.481 e. The molecule has 0 saturated carbocycles. The Morgan fingerprint density at radius 1 is 1.62 bits per heavy atom. The molecule has 1 aromatic rings. The van der Waals surface area contributed by atoms with Crippen molar-refractivity contribution < 1.29 is 9.90 Å². The van der Waals surface area contributed by atoms with Crippen molar-refractivity contribution in [1.29, 1.82) is 0 Å². The van der Waals surface area contributed by atoms with E-state index in [1.165, 1.54) is 0 Å². The highest BCUT2D eigenvalue weighted by Gasteiger charge is 2.35. The third-order valence-corrected chi connectivity index (χ3v) is 3.29. The molecule has 4 nitrogen and oxygen atoms in total. The van der Waals surface area contributed by atoms with Crippen molar-refractivity contribution in [1.82, 2.24) is 9.88 Å². The Bertz CT molecular complexity index is 367. The van der Waals surface area contributed by atoms with E-state index in [4.69, 9.17) is 5.11 Å². The molecule has 1 N–H and O–H groups in total. The van der Waals surface area contributed by atoms with E-state index >= 15 is 0 Å². The van der Waals surface area contributed by atoms with E-state index in [2.05, 4.69) is 9.88 Å². The first-order valence-corrected chi connectivity index (χ1v) is 5.55. The molecule has 1 saturated heterocycles. The minimum absolute atomic E-state index is 0.0968. The van der Waals surface area contributed by atoms with Gasteiger partial charge in [-0.15, -0.1) is 0 Å². The van der Waals surface area contributed by atoms with Crippen LogP contribution in [0.1, 0.15) is 19.0 Å². The molecule has 16 heavy (non-hydrogen) atoms. The van der Waals surface area contributed by atoms with Gasteiger partial charge in [0.05, 0.1) is 11.6 Å². The predicted molar refractivity (Wildman–Crippen MR) is 59.9 cm³/mol. The maximum absolute atomic E-state index is 11.0. The summed E-state index contributed by atoms with van der Waals surface area (Å²) in [5.41, 5.74) is 1.00. The number of aliphatic carboxylic acids is 1. The number of hydrogen-bond acceptors (Lipinski definition) is 3. The lowest BCUT2D eigenvalue weighted by atomic mass is 10.0. The van der Waals surface area contributed by atoms with Gasteiger partial charge >= 0.3 is 5.97 Å². The first kappa shape index (κ1) is 11.1. The van der Waals surface area contributed by atoms with E-state index in [9.17, 15) is 4.79 Å². The molecule has 1 aromatic heterocycles. The summed E-state index contributed by atoms with van der Waals surface area (Å²) in [4.78, 5) is 17.4. The maximum Gasteiger partial charge on any atom is 0.308 e. The van der Waals surface area contributed by atoms with Crippen molar-refractivity contribution in [3.63, 3.8) is 0 Å². The van der Waals surface area contributed by atoms with Crippen LogP contribution < -0.4 is 0 Å². The Labute approximate surface area is 94.9 Å². The minimum atomic E-state index is -0.684. The van der Waals surface area contributed by atoms with Crippen molar-refractivity contribution in [3.8, 4) is 0 Å². The molecule has 1 aliphatic heterocycles. The van der Waals surface area contributed by atoms with Gasteiger partial charge in [0.2, 0.25) is 0 Å². The Balaban J connectivity index is 2.00. The first-order chi connectivity index (χ1) is 7.68. The molecule has 2 unspecified atom stereocenters. The second-order valence-corrected chi connectivity index (χ2v) is 4.27. The lowest BCUT2D eigenvalue weighted by Crippen LogP contribution is -2.32. The van der Waals surface area contributed by atoms with Crippen molar-refractivity contribution in [3.05, 3.63) is 30.1 Å². The highest BCUT2D eigenvalue weighted by atomic mass is 16.4. The van der Waals surface area contributed by atoms with Crippen molar-refractivity contribution in [2.24, 2.45) is 5.92 Å². The fraction of sp³-hybridized carbons (Fsp3) is 0.500. The average Bonchev–Trinajstić information content (AvgIpc) is 2.62. The number of carboxylic acids is 1. The van der Waals surface area contributed by atoms with E-state index in [0.29, 0.717) is 0 Å². The van der Waals surface area contributed by atoms with Crippen LogP contribution >= 0.6 is 0 Å². The van der Waals surface area contributed by atoms with Gasteiger partial charge in [0.1, 0.15) is 0 Å². The maximum atomic E-state index is 11.0. The fourth-order valence-electron chi connectivity index (χ4n) is 2.26. The molecule has 0 radical (unpaired) electrons. The third-order valence-electron chi connectivity index (χ3n) is 3.29. The Morgan fingerprint density at radius 3 is 3.00 bits per heavy atom. The van der Waals surface area contributed by atoms with Gasteiger partial charge < -0.3 is 5.11 Å². The zero-order valence-corrected chi connectivity index (χ0v) is 9.34. The summed E-state index contributed by atoms with van der Waals surface area (Å²) >= 11 is 0. The van der Waals surface area contributed by atoms with Crippen molar-refractivity contribution >= 4 is 5.97 Å². The molecule has 2 heterocycles. The summed E-state index contributed by atoms with van der Waals surface area (Å²) in [6.07, 6.45) is 2.51. The van der Waals surface area contributed by atoms with E-state index in [-0.39, 0.29) is 12.0 Å². The number of aromatic nitrogens is 1. The smallest absolute Gasteiger partial charge is 0.308 e. The normalized spacial score (nSPS) is 25.8. The molecule has 0 bridgehead atoms. The summed E-state index contributed by atoms with van der Waals surface area (Å²) in [6, 6.07) is 5.91. The lowest BCUT2D eigenvalue weighted by molar-refractivity contribution is -0.142. The number of carboxylic acid groups (broad SMARTS) is 1. The van der Waals surface area contributed by atoms with E-state index < -0.39 is 5.97 Å². The Morgan fingerprint density at radius 2 is 2.44 bits per heavy atom. The van der Waals surface area contributed by atoms with Gasteiger partial charge in [0.25, 0.3) is 0 Å². The number of likely N-dealkylation sites (tertiary alicyclic amines) is 1. The van der Waals surface area contributed by atoms with E-state index in [1.807, 2.05) is 25.1 Å². The molecular weight excluding hydrogens is 204 g/mol. The molecule has 0 amide bonds. The quantitative estimate of drug-likeness (QED) is 0.836. The number of carbonyl (C=O) groups is 1. The summed E-state index contributed by atoms with van der Waals surface area (Å²) in [5.74, 6) is -0.917. The van der Waals surface area contributed by atoms with Crippen LogP contribution in [-0.2, 0) is 11.3 Å². The zero-order valence-electron chi connectivity index (χ0n) is 9.34. The SMILES string of the molecule is CC1C(C(=O)O)CCN1Cc1ccccn1. The molecule has 4 heteroatoms. The molecule has 0 aromatic carbocycles. The summed E-state index contributed by atoms with van der Waals surface area (Å²) in [7, 11) is 0. The number of hydrogen-bond donors (Lipinski definition) is 1. The molecule has 1 aliphatic rings. The Hall–Kier alpha value is -1.42. The minimum Gasteiger partial charge on any atom is -0.481 e. The lowest BCUT2D eigenvalue weighted by Gasteiger charge is -2.22. The van der Waals surface area contributed by atoms with Gasteiger partial charge in [-0.25, -0.2) is 0 Å². The van der Waals surface area contributed by atoms with Crippen LogP contribution in [0, 0.1) is 5.92 Å². The second kappa shape index (κ2) is 4.61. The van der Waals surface area contributed by atoms with E-state index in [0.717, 1.165) is 25.2 Å². The van der Waals surface area contributed by atoms with E-state index in [1.54, 1.807) is 6.20 Å². The van der Waals surface area contributed by atoms with Crippen LogP contribution in [0.3, 0.4) is 0 Å². The van der Waals surface area contributed by atoms with Crippen molar-refractivity contribution in [2.45, 2.75) is 25.9 Å². The number of nitrogens with zero attached hydrogens (tertiary/aromatic N) is 2. The fourth-order valence-corrected chi connectivity index (χ4v) is 2.26. The number of rotatable bonds is 3. The standard InChI is InChI=1S/C12H16N2O2/c1-9-11(12(15)16)5-7-14(9)8-10-4-2-3-6-13-10/h2-4,6,9,11H,5,7-8H2,1H3,(H,15,16). The molecule has 2 rings (SSSR count). The molecule has 1 fully saturated rings. The molecular formula is C12H16N2O2. The average molecular weight is 220 g/mol. The molecule has 86 valence electrons. The monoisotopic (exact) mass is 220 g/mol. The van der Waals surface area contributed by atoms with Gasteiger partial charge in [0, 0.05) is 18.8 Å². The second-order valence-electron chi connectivity index (χ2n) is 4.27. The van der Waals surface area contributed by atoms with Gasteiger partial charge in [-0.3, -0.25) is 14.7 Å². The van der Waals surface area contributed by atoms with Gasteiger partial charge in [-0.05, 0) is 32.0 Å². The molecule has 0 aliphatic carbocycles. The first-order valence-electron chi connectivity index (χ1n) is 5.55. The predicted octanol–water partition coefficient (Wildman–Crippen LogP) is 1.38. The van der Waals surface area contributed by atoms with Crippen LogP contribution in [0.15, 0.2) is 24.4 Å². The van der Waals surface area contributed by atoms with Crippen LogP contribution in [0.25, 0.3) is 0 Å². The summed E-state index contributed by atoms with van der Waals surface area (Å²) in [6.45, 7) is 3.56. The molecule has 0 spiro atoms. The van der Waals surface area contributed by atoms with Crippen LogP contribution in [0.5, 0.6) is 0 Å².